The summed E-state index contributed by atoms with van der Waals surface area (Å²) in [4.78, 5) is 17.1. The predicted octanol–water partition coefficient (Wildman–Crippen LogP) is 4.95. The number of carbonyl (C=O) groups is 1. The van der Waals surface area contributed by atoms with Crippen LogP contribution < -0.4 is 0 Å². The van der Waals surface area contributed by atoms with Gasteiger partial charge in [0.05, 0.1) is 16.8 Å². The van der Waals surface area contributed by atoms with Crippen molar-refractivity contribution in [3.8, 4) is 0 Å². The maximum atomic E-state index is 12.6. The molecule has 4 heteroatoms. The Morgan fingerprint density at radius 1 is 1.04 bits per heavy atom. The molecule has 3 rings (SSSR count). The molecular weight excluding hydrogens is 310 g/mol. The molecule has 0 aliphatic rings. The summed E-state index contributed by atoms with van der Waals surface area (Å²) < 4.78 is 5.42. The normalized spacial score (nSPS) is 12.1. The van der Waals surface area contributed by atoms with Gasteiger partial charge in [-0.3, -0.25) is 4.98 Å². The van der Waals surface area contributed by atoms with Gasteiger partial charge < -0.3 is 4.74 Å². The first kappa shape index (κ1) is 15.5. The zero-order valence-corrected chi connectivity index (χ0v) is 13.7. The van der Waals surface area contributed by atoms with Gasteiger partial charge in [-0.25, -0.2) is 4.79 Å². The van der Waals surface area contributed by atoms with Crippen LogP contribution in [0.2, 0.25) is 0 Å². The summed E-state index contributed by atoms with van der Waals surface area (Å²) in [5.41, 5.74) is 2.76. The Bertz CT molecular complexity index is 862. The lowest BCUT2D eigenvalue weighted by atomic mass is 10.0. The van der Waals surface area contributed by atoms with Crippen molar-refractivity contribution in [1.29, 1.82) is 0 Å². The molecule has 0 saturated heterocycles. The van der Waals surface area contributed by atoms with Gasteiger partial charge in [0.1, 0.15) is 0 Å². The minimum absolute atomic E-state index is 0.456. The number of para-hydroxylation sites is 1. The van der Waals surface area contributed by atoms with Crippen molar-refractivity contribution in [3.63, 3.8) is 0 Å². The molecule has 0 spiro atoms. The second-order valence-corrected chi connectivity index (χ2v) is 5.74. The number of halogens is 1. The van der Waals surface area contributed by atoms with Crippen LogP contribution in [0.5, 0.6) is 0 Å². The molecule has 2 aromatic carbocycles. The Kier molecular flexibility index (Phi) is 4.30. The van der Waals surface area contributed by atoms with Gasteiger partial charge in [0.15, 0.2) is 0 Å². The Balaban J connectivity index is 1.95. The highest BCUT2D eigenvalue weighted by molar-refractivity contribution is 6.20. The lowest BCUT2D eigenvalue weighted by Crippen LogP contribution is -2.12. The van der Waals surface area contributed by atoms with Crippen LogP contribution in [-0.2, 0) is 4.74 Å². The highest BCUT2D eigenvalue weighted by Crippen LogP contribution is 2.27. The molecule has 1 unspecified atom stereocenters. The lowest BCUT2D eigenvalue weighted by molar-refractivity contribution is 0.0444. The van der Waals surface area contributed by atoms with Crippen molar-refractivity contribution in [2.45, 2.75) is 19.4 Å². The Labute approximate surface area is 139 Å². The molecule has 0 amide bonds. The minimum atomic E-state index is -0.825. The number of ether oxygens (including phenoxy) is 1. The number of esters is 1. The zero-order chi connectivity index (χ0) is 16.4. The number of hydrogen-bond donors (Lipinski definition) is 0. The van der Waals surface area contributed by atoms with E-state index in [-0.39, 0.29) is 0 Å². The number of alkyl halides is 1. The minimum Gasteiger partial charge on any atom is -0.438 e. The number of nitrogens with zero attached hydrogens (tertiary/aromatic N) is 1. The number of fused-ring (bicyclic) bond motifs is 1. The second kappa shape index (κ2) is 6.39. The number of aryl methyl sites for hydroxylation is 2. The first-order chi connectivity index (χ1) is 11.1. The van der Waals surface area contributed by atoms with E-state index in [2.05, 4.69) is 4.98 Å². The fourth-order valence-corrected chi connectivity index (χ4v) is 2.88. The summed E-state index contributed by atoms with van der Waals surface area (Å²) in [6, 6.07) is 17.0. The van der Waals surface area contributed by atoms with Gasteiger partial charge in [-0.2, -0.15) is 0 Å². The molecule has 0 radical (unpaired) electrons. The molecule has 0 aliphatic carbocycles. The third kappa shape index (κ3) is 3.06. The maximum absolute atomic E-state index is 12.6. The summed E-state index contributed by atoms with van der Waals surface area (Å²) in [7, 11) is 0. The summed E-state index contributed by atoms with van der Waals surface area (Å²) in [6.07, 6.45) is 0. The zero-order valence-electron chi connectivity index (χ0n) is 12.9. The van der Waals surface area contributed by atoms with E-state index in [1.165, 1.54) is 0 Å². The highest BCUT2D eigenvalue weighted by atomic mass is 35.5. The Hall–Kier alpha value is -2.39. The molecule has 116 valence electrons. The van der Waals surface area contributed by atoms with Crippen LogP contribution in [0, 0.1) is 13.8 Å². The molecule has 3 aromatic rings. The Morgan fingerprint density at radius 3 is 2.43 bits per heavy atom. The Morgan fingerprint density at radius 2 is 1.70 bits per heavy atom. The van der Waals surface area contributed by atoms with Gasteiger partial charge in [-0.05, 0) is 25.5 Å². The SMILES string of the molecule is Cc1nc2ccccc2c(C)c1C(=O)OC(Cl)c1ccccc1. The van der Waals surface area contributed by atoms with Gasteiger partial charge in [-0.15, -0.1) is 0 Å². The van der Waals surface area contributed by atoms with Crippen molar-refractivity contribution in [2.75, 3.05) is 0 Å². The summed E-state index contributed by atoms with van der Waals surface area (Å²) in [5.74, 6) is -0.456. The van der Waals surface area contributed by atoms with E-state index in [0.717, 1.165) is 22.0 Å². The third-order valence-corrected chi connectivity index (χ3v) is 4.15. The summed E-state index contributed by atoms with van der Waals surface area (Å²) in [6.45, 7) is 3.71. The quantitative estimate of drug-likeness (QED) is 0.505. The fourth-order valence-electron chi connectivity index (χ4n) is 2.66. The van der Waals surface area contributed by atoms with Crippen LogP contribution in [0.1, 0.15) is 32.7 Å². The smallest absolute Gasteiger partial charge is 0.342 e. The molecular formula is C19H16ClNO2. The van der Waals surface area contributed by atoms with Crippen molar-refractivity contribution < 1.29 is 9.53 Å². The van der Waals surface area contributed by atoms with Crippen molar-refractivity contribution in [2.24, 2.45) is 0 Å². The fraction of sp³-hybridized carbons (Fsp3) is 0.158. The van der Waals surface area contributed by atoms with Gasteiger partial charge in [0.2, 0.25) is 5.56 Å². The molecule has 0 saturated carbocycles. The van der Waals surface area contributed by atoms with E-state index in [1.807, 2.05) is 68.4 Å². The predicted molar refractivity (Wildman–Crippen MR) is 91.7 cm³/mol. The average molecular weight is 326 g/mol. The second-order valence-electron chi connectivity index (χ2n) is 5.35. The van der Waals surface area contributed by atoms with Crippen LogP contribution >= 0.6 is 11.6 Å². The molecule has 1 atom stereocenters. The van der Waals surface area contributed by atoms with Crippen LogP contribution in [-0.4, -0.2) is 11.0 Å². The van der Waals surface area contributed by atoms with E-state index in [0.29, 0.717) is 11.3 Å². The van der Waals surface area contributed by atoms with Crippen LogP contribution in [0.3, 0.4) is 0 Å². The van der Waals surface area contributed by atoms with E-state index in [4.69, 9.17) is 16.3 Å². The lowest BCUT2D eigenvalue weighted by Gasteiger charge is -2.15. The number of rotatable bonds is 3. The molecule has 1 heterocycles. The average Bonchev–Trinajstić information content (AvgIpc) is 2.55. The molecule has 23 heavy (non-hydrogen) atoms. The number of hydrogen-bond acceptors (Lipinski definition) is 3. The number of carbonyl (C=O) groups excluding carboxylic acids is 1. The van der Waals surface area contributed by atoms with E-state index < -0.39 is 11.5 Å². The largest absolute Gasteiger partial charge is 0.438 e. The van der Waals surface area contributed by atoms with Gasteiger partial charge >= 0.3 is 5.97 Å². The van der Waals surface area contributed by atoms with E-state index in [9.17, 15) is 4.79 Å². The van der Waals surface area contributed by atoms with Crippen LogP contribution in [0.15, 0.2) is 54.6 Å². The monoisotopic (exact) mass is 325 g/mol. The van der Waals surface area contributed by atoms with Gasteiger partial charge in [-0.1, -0.05) is 60.1 Å². The van der Waals surface area contributed by atoms with Crippen molar-refractivity contribution >= 4 is 28.5 Å². The standard InChI is InChI=1S/C19H16ClNO2/c1-12-15-10-6-7-11-16(15)21-13(2)17(12)19(22)23-18(20)14-8-4-3-5-9-14/h3-11,18H,1-2H3. The molecule has 0 aliphatic heterocycles. The first-order valence-corrected chi connectivity index (χ1v) is 7.77. The summed E-state index contributed by atoms with van der Waals surface area (Å²) >= 11 is 6.21. The molecule has 1 aromatic heterocycles. The molecule has 0 fully saturated rings. The molecule has 0 bridgehead atoms. The molecule has 0 N–H and O–H groups in total. The number of pyridine rings is 1. The first-order valence-electron chi connectivity index (χ1n) is 7.34. The van der Waals surface area contributed by atoms with Crippen molar-refractivity contribution in [1.82, 2.24) is 4.98 Å². The maximum Gasteiger partial charge on any atom is 0.342 e. The highest BCUT2D eigenvalue weighted by Gasteiger charge is 2.21. The topological polar surface area (TPSA) is 39.2 Å². The van der Waals surface area contributed by atoms with Crippen molar-refractivity contribution in [3.05, 3.63) is 77.0 Å². The summed E-state index contributed by atoms with van der Waals surface area (Å²) in [5, 5.41) is 0.941. The van der Waals surface area contributed by atoms with Gasteiger partial charge in [0.25, 0.3) is 0 Å². The van der Waals surface area contributed by atoms with E-state index >= 15 is 0 Å². The number of benzene rings is 2. The van der Waals surface area contributed by atoms with Crippen LogP contribution in [0.4, 0.5) is 0 Å². The number of aromatic nitrogens is 1. The third-order valence-electron chi connectivity index (χ3n) is 3.81. The van der Waals surface area contributed by atoms with E-state index in [1.54, 1.807) is 0 Å². The van der Waals surface area contributed by atoms with Crippen LogP contribution in [0.25, 0.3) is 10.9 Å². The molecule has 3 nitrogen and oxygen atoms in total. The van der Waals surface area contributed by atoms with Gasteiger partial charge in [0, 0.05) is 10.9 Å².